The van der Waals surface area contributed by atoms with Crippen molar-refractivity contribution >= 4 is 12.1 Å². The Kier molecular flexibility index (Phi) is 7.49. The summed E-state index contributed by atoms with van der Waals surface area (Å²) in [5, 5.41) is 15.2. The van der Waals surface area contributed by atoms with Gasteiger partial charge in [0.2, 0.25) is 6.41 Å². The molecule has 142 valence electrons. The Balaban J connectivity index is 0.000000221. The van der Waals surface area contributed by atoms with E-state index in [9.17, 15) is 9.59 Å². The van der Waals surface area contributed by atoms with Gasteiger partial charge in [0.1, 0.15) is 5.75 Å². The number of hydrogen-bond acceptors (Lipinski definition) is 5. The Labute approximate surface area is 162 Å². The average molecular weight is 376 g/mol. The van der Waals surface area contributed by atoms with Crippen LogP contribution < -0.4 is 15.6 Å². The third-order valence-electron chi connectivity index (χ3n) is 3.77. The Bertz CT molecular complexity index is 1020. The summed E-state index contributed by atoms with van der Waals surface area (Å²) in [5.41, 5.74) is 2.85. The van der Waals surface area contributed by atoms with Crippen LogP contribution in [0.4, 0.5) is 5.69 Å². The van der Waals surface area contributed by atoms with Crippen molar-refractivity contribution in [3.63, 3.8) is 0 Å². The summed E-state index contributed by atoms with van der Waals surface area (Å²) in [7, 11) is 1.63. The Morgan fingerprint density at radius 1 is 1.18 bits per heavy atom. The number of amides is 1. The highest BCUT2D eigenvalue weighted by molar-refractivity contribution is 5.71. The molecule has 0 aliphatic heterocycles. The van der Waals surface area contributed by atoms with Crippen molar-refractivity contribution in [1.29, 1.82) is 5.26 Å². The average Bonchev–Trinajstić information content (AvgIpc) is 2.75. The number of nitrogens with zero attached hydrogens (tertiary/aromatic N) is 3. The van der Waals surface area contributed by atoms with Gasteiger partial charge in [-0.15, -0.1) is 0 Å². The van der Waals surface area contributed by atoms with Crippen LogP contribution >= 0.6 is 0 Å². The first-order valence-electron chi connectivity index (χ1n) is 8.54. The van der Waals surface area contributed by atoms with Crippen LogP contribution in [0.15, 0.2) is 65.5 Å². The van der Waals surface area contributed by atoms with Gasteiger partial charge in [-0.1, -0.05) is 6.07 Å². The third-order valence-corrected chi connectivity index (χ3v) is 3.77. The van der Waals surface area contributed by atoms with Gasteiger partial charge < -0.3 is 10.1 Å². The molecule has 0 atom stereocenters. The maximum Gasteiger partial charge on any atom is 0.266 e. The van der Waals surface area contributed by atoms with Crippen molar-refractivity contribution in [3.05, 3.63) is 76.6 Å². The van der Waals surface area contributed by atoms with Gasteiger partial charge in [0.25, 0.3) is 5.56 Å². The van der Waals surface area contributed by atoms with E-state index in [0.29, 0.717) is 24.2 Å². The molecule has 0 radical (unpaired) electrons. The molecule has 1 N–H and O–H groups in total. The zero-order valence-corrected chi connectivity index (χ0v) is 15.6. The van der Waals surface area contributed by atoms with Crippen molar-refractivity contribution in [2.75, 3.05) is 12.4 Å². The van der Waals surface area contributed by atoms with E-state index in [1.807, 2.05) is 37.3 Å². The molecule has 28 heavy (non-hydrogen) atoms. The van der Waals surface area contributed by atoms with Crippen LogP contribution in [0.2, 0.25) is 0 Å². The van der Waals surface area contributed by atoms with E-state index in [1.165, 1.54) is 10.7 Å². The summed E-state index contributed by atoms with van der Waals surface area (Å²) in [5.74, 6) is 0.803. The lowest BCUT2D eigenvalue weighted by atomic mass is 10.1. The van der Waals surface area contributed by atoms with Gasteiger partial charge in [0.15, 0.2) is 0 Å². The zero-order valence-electron chi connectivity index (χ0n) is 15.6. The molecule has 0 saturated carbocycles. The number of nitrogens with one attached hydrogen (secondary N) is 1. The molecule has 1 aromatic heterocycles. The predicted molar refractivity (Wildman–Crippen MR) is 107 cm³/mol. The van der Waals surface area contributed by atoms with Crippen molar-refractivity contribution in [1.82, 2.24) is 9.78 Å². The molecule has 0 saturated heterocycles. The van der Waals surface area contributed by atoms with E-state index in [0.717, 1.165) is 17.0 Å². The lowest BCUT2D eigenvalue weighted by Gasteiger charge is -2.05. The van der Waals surface area contributed by atoms with Crippen LogP contribution in [-0.2, 0) is 11.3 Å². The molecule has 1 heterocycles. The van der Waals surface area contributed by atoms with Gasteiger partial charge in [-0.3, -0.25) is 9.59 Å². The van der Waals surface area contributed by atoms with E-state index in [1.54, 1.807) is 37.4 Å². The monoisotopic (exact) mass is 376 g/mol. The highest BCUT2D eigenvalue weighted by atomic mass is 16.5. The van der Waals surface area contributed by atoms with Crippen LogP contribution in [-0.4, -0.2) is 23.3 Å². The van der Waals surface area contributed by atoms with E-state index in [4.69, 9.17) is 10.00 Å². The van der Waals surface area contributed by atoms with E-state index < -0.39 is 0 Å². The molecule has 0 aliphatic rings. The highest BCUT2D eigenvalue weighted by Gasteiger charge is 2.02. The lowest BCUT2D eigenvalue weighted by Crippen LogP contribution is -2.20. The van der Waals surface area contributed by atoms with Crippen molar-refractivity contribution < 1.29 is 9.53 Å². The smallest absolute Gasteiger partial charge is 0.266 e. The van der Waals surface area contributed by atoms with Gasteiger partial charge in [-0.25, -0.2) is 4.68 Å². The number of carbonyl (C=O) groups is 1. The van der Waals surface area contributed by atoms with Crippen LogP contribution in [0.5, 0.6) is 5.75 Å². The first-order chi connectivity index (χ1) is 13.6. The summed E-state index contributed by atoms with van der Waals surface area (Å²) in [6, 6.07) is 19.5. The number of benzene rings is 2. The predicted octanol–water partition coefficient (Wildman–Crippen LogP) is 3.07. The van der Waals surface area contributed by atoms with E-state index in [-0.39, 0.29) is 5.56 Å². The standard InChI is InChI=1S/C13H14N2O2.C8H6N2O/c1-3-15-13(16)9-8-12(14-15)10-4-6-11(17-2)7-5-10;9-5-7-2-1-3-8(4-7)10-6-11/h4-9H,3H2,1-2H3;1-4,6H,(H,10,11). The van der Waals surface area contributed by atoms with Crippen LogP contribution in [0.3, 0.4) is 0 Å². The van der Waals surface area contributed by atoms with Gasteiger partial charge >= 0.3 is 0 Å². The second kappa shape index (κ2) is 10.3. The molecule has 3 aromatic rings. The number of ether oxygens (including phenoxy) is 1. The minimum absolute atomic E-state index is 0.0789. The minimum Gasteiger partial charge on any atom is -0.497 e. The Hall–Kier alpha value is -3.92. The zero-order chi connectivity index (χ0) is 20.4. The van der Waals surface area contributed by atoms with Crippen molar-refractivity contribution in [3.8, 4) is 23.1 Å². The Morgan fingerprint density at radius 3 is 2.54 bits per heavy atom. The van der Waals surface area contributed by atoms with Crippen LogP contribution in [0.1, 0.15) is 12.5 Å². The van der Waals surface area contributed by atoms with Crippen LogP contribution in [0.25, 0.3) is 11.3 Å². The fourth-order valence-electron chi connectivity index (χ4n) is 2.34. The molecule has 0 spiro atoms. The second-order valence-corrected chi connectivity index (χ2v) is 5.56. The topological polar surface area (TPSA) is 97.0 Å². The molecule has 3 rings (SSSR count). The number of nitriles is 1. The normalized spacial score (nSPS) is 9.46. The number of carbonyl (C=O) groups excluding carboxylic acids is 1. The molecule has 2 aromatic carbocycles. The SMILES string of the molecule is CCn1nc(-c2ccc(OC)cc2)ccc1=O.N#Cc1cccc(NC=O)c1. The minimum atomic E-state index is -0.0789. The van der Waals surface area contributed by atoms with Gasteiger partial charge in [-0.2, -0.15) is 10.4 Å². The quantitative estimate of drug-likeness (QED) is 0.690. The van der Waals surface area contributed by atoms with Crippen molar-refractivity contribution in [2.24, 2.45) is 0 Å². The number of anilines is 1. The molecule has 7 heteroatoms. The number of hydrogen-bond donors (Lipinski definition) is 1. The lowest BCUT2D eigenvalue weighted by molar-refractivity contribution is -0.105. The maximum absolute atomic E-state index is 11.4. The van der Waals surface area contributed by atoms with Gasteiger partial charge in [-0.05, 0) is 55.5 Å². The molecule has 0 bridgehead atoms. The van der Waals surface area contributed by atoms with Crippen LogP contribution in [0, 0.1) is 11.3 Å². The number of aromatic nitrogens is 2. The molecular formula is C21H20N4O3. The number of methoxy groups -OCH3 is 1. The summed E-state index contributed by atoms with van der Waals surface area (Å²) < 4.78 is 6.54. The molecule has 1 amide bonds. The molecule has 0 fully saturated rings. The van der Waals surface area contributed by atoms with Gasteiger partial charge in [0.05, 0.1) is 24.4 Å². The largest absolute Gasteiger partial charge is 0.497 e. The first-order valence-corrected chi connectivity index (χ1v) is 8.54. The highest BCUT2D eigenvalue weighted by Crippen LogP contribution is 2.19. The molecule has 0 aliphatic carbocycles. The summed E-state index contributed by atoms with van der Waals surface area (Å²) in [6.45, 7) is 2.47. The van der Waals surface area contributed by atoms with Crippen molar-refractivity contribution in [2.45, 2.75) is 13.5 Å². The molecule has 0 unspecified atom stereocenters. The maximum atomic E-state index is 11.4. The first kappa shape index (κ1) is 20.4. The second-order valence-electron chi connectivity index (χ2n) is 5.56. The summed E-state index contributed by atoms with van der Waals surface area (Å²) in [4.78, 5) is 21.4. The fraction of sp³-hybridized carbons (Fsp3) is 0.143. The third kappa shape index (κ3) is 5.54. The summed E-state index contributed by atoms with van der Waals surface area (Å²) >= 11 is 0. The fourth-order valence-corrected chi connectivity index (χ4v) is 2.34. The molecule has 7 nitrogen and oxygen atoms in total. The van der Waals surface area contributed by atoms with Gasteiger partial charge in [0, 0.05) is 23.9 Å². The summed E-state index contributed by atoms with van der Waals surface area (Å²) in [6.07, 6.45) is 0.580. The number of aryl methyl sites for hydroxylation is 1. The number of rotatable bonds is 5. The van der Waals surface area contributed by atoms with E-state index in [2.05, 4.69) is 10.4 Å². The van der Waals surface area contributed by atoms with E-state index >= 15 is 0 Å². The Morgan fingerprint density at radius 2 is 1.93 bits per heavy atom. The molecular weight excluding hydrogens is 356 g/mol.